The molecule has 7 nitrogen and oxygen atoms in total. The topological polar surface area (TPSA) is 71.3 Å². The number of hydrogen-bond acceptors (Lipinski definition) is 5. The predicted molar refractivity (Wildman–Crippen MR) is 107 cm³/mol. The van der Waals surface area contributed by atoms with E-state index in [1.165, 1.54) is 0 Å². The van der Waals surface area contributed by atoms with Crippen molar-refractivity contribution in [2.75, 3.05) is 26.2 Å². The molecule has 2 aromatic heterocycles. The van der Waals surface area contributed by atoms with Crippen LogP contribution in [0.1, 0.15) is 32.1 Å². The summed E-state index contributed by atoms with van der Waals surface area (Å²) in [5, 5.41) is 4.58. The molecule has 0 aliphatic carbocycles. The summed E-state index contributed by atoms with van der Waals surface area (Å²) in [5.74, 6) is 0.282. The summed E-state index contributed by atoms with van der Waals surface area (Å²) in [6, 6.07) is 7.44. The van der Waals surface area contributed by atoms with Gasteiger partial charge in [-0.1, -0.05) is 0 Å². The van der Waals surface area contributed by atoms with Crippen LogP contribution >= 0.6 is 0 Å². The van der Waals surface area contributed by atoms with Gasteiger partial charge in [0.2, 0.25) is 5.91 Å². The molecule has 0 aromatic carbocycles. The molecule has 2 fully saturated rings. The Balaban J connectivity index is 1.43. The Morgan fingerprint density at radius 1 is 1.04 bits per heavy atom. The Morgan fingerprint density at radius 2 is 1.96 bits per heavy atom. The highest BCUT2D eigenvalue weighted by Gasteiger charge is 2.27. The number of aromatic nitrogens is 3. The number of amides is 1. The van der Waals surface area contributed by atoms with Crippen molar-refractivity contribution < 1.29 is 4.79 Å². The fraction of sp³-hybridized carbons (Fsp3) is 0.524. The molecule has 4 heterocycles. The number of piperidine rings is 1. The van der Waals surface area contributed by atoms with E-state index in [1.807, 2.05) is 17.0 Å². The molecule has 148 valence electrons. The Labute approximate surface area is 165 Å². The first-order chi connectivity index (χ1) is 13.7. The first kappa shape index (κ1) is 18.8. The Kier molecular flexibility index (Phi) is 5.81. The lowest BCUT2D eigenvalue weighted by Crippen LogP contribution is -2.44. The summed E-state index contributed by atoms with van der Waals surface area (Å²) in [6.45, 7) is 4.14. The molecule has 2 saturated heterocycles. The van der Waals surface area contributed by atoms with Crippen LogP contribution in [0, 0.1) is 0 Å². The second-order valence-corrected chi connectivity index (χ2v) is 7.65. The number of nitrogens with zero attached hydrogens (tertiary/aromatic N) is 5. The van der Waals surface area contributed by atoms with Gasteiger partial charge in [-0.15, -0.1) is 0 Å². The number of carbonyl (C=O) groups is 1. The van der Waals surface area contributed by atoms with E-state index < -0.39 is 0 Å². The largest absolute Gasteiger partial charge is 0.341 e. The Bertz CT molecular complexity index is 867. The fourth-order valence-corrected chi connectivity index (χ4v) is 4.19. The first-order valence-electron chi connectivity index (χ1n) is 10.2. The van der Waals surface area contributed by atoms with Gasteiger partial charge in [-0.2, -0.15) is 5.10 Å². The summed E-state index contributed by atoms with van der Waals surface area (Å²) < 4.78 is 1.58. The molecule has 1 unspecified atom stereocenters. The minimum absolute atomic E-state index is 0.0781. The summed E-state index contributed by atoms with van der Waals surface area (Å²) in [7, 11) is 0. The SMILES string of the molecule is O=C1CCCCN1CCN1CCCC1Cn1nc(-c2cccnc2)ccc1=O. The van der Waals surface area contributed by atoms with Crippen LogP contribution < -0.4 is 5.56 Å². The molecule has 0 saturated carbocycles. The van der Waals surface area contributed by atoms with Gasteiger partial charge in [-0.25, -0.2) is 4.68 Å². The van der Waals surface area contributed by atoms with Gasteiger partial charge in [0.25, 0.3) is 5.56 Å². The van der Waals surface area contributed by atoms with E-state index in [2.05, 4.69) is 15.0 Å². The van der Waals surface area contributed by atoms with Crippen LogP contribution in [0.2, 0.25) is 0 Å². The second kappa shape index (κ2) is 8.65. The molecule has 2 aliphatic heterocycles. The van der Waals surface area contributed by atoms with E-state index in [0.717, 1.165) is 63.1 Å². The number of pyridine rings is 1. The zero-order valence-electron chi connectivity index (χ0n) is 16.2. The van der Waals surface area contributed by atoms with Gasteiger partial charge in [-0.05, 0) is 50.4 Å². The van der Waals surface area contributed by atoms with Gasteiger partial charge in [0.15, 0.2) is 0 Å². The summed E-state index contributed by atoms with van der Waals surface area (Å²) in [6.07, 6.45) is 8.47. The monoisotopic (exact) mass is 381 g/mol. The standard InChI is InChI=1S/C21H27N5O2/c27-20-7-1-2-11-25(20)14-13-24-12-4-6-18(24)16-26-21(28)9-8-19(23-26)17-5-3-10-22-15-17/h3,5,8-10,15,18H,1-2,4,6-7,11-14,16H2. The van der Waals surface area contributed by atoms with Crippen LogP contribution in [-0.2, 0) is 11.3 Å². The van der Waals surface area contributed by atoms with Gasteiger partial charge in [0, 0.05) is 56.1 Å². The highest BCUT2D eigenvalue weighted by Crippen LogP contribution is 2.20. The number of likely N-dealkylation sites (tertiary alicyclic amines) is 2. The van der Waals surface area contributed by atoms with E-state index in [-0.39, 0.29) is 17.5 Å². The van der Waals surface area contributed by atoms with Crippen molar-refractivity contribution in [3.63, 3.8) is 0 Å². The molecule has 1 amide bonds. The maximum atomic E-state index is 12.4. The van der Waals surface area contributed by atoms with E-state index in [0.29, 0.717) is 13.0 Å². The molecule has 0 N–H and O–H groups in total. The quantitative estimate of drug-likeness (QED) is 0.763. The molecule has 28 heavy (non-hydrogen) atoms. The number of hydrogen-bond donors (Lipinski definition) is 0. The third-order valence-corrected chi connectivity index (χ3v) is 5.79. The lowest BCUT2D eigenvalue weighted by Gasteiger charge is -2.31. The molecule has 0 spiro atoms. The molecular formula is C21H27N5O2. The Hall–Kier alpha value is -2.54. The molecule has 4 rings (SSSR count). The van der Waals surface area contributed by atoms with Gasteiger partial charge in [0.1, 0.15) is 0 Å². The van der Waals surface area contributed by atoms with Crippen molar-refractivity contribution in [2.24, 2.45) is 0 Å². The maximum absolute atomic E-state index is 12.4. The summed E-state index contributed by atoms with van der Waals surface area (Å²) in [5.41, 5.74) is 1.59. The van der Waals surface area contributed by atoms with Crippen molar-refractivity contribution in [3.8, 4) is 11.3 Å². The zero-order valence-corrected chi connectivity index (χ0v) is 16.2. The van der Waals surface area contributed by atoms with E-state index in [4.69, 9.17) is 0 Å². The second-order valence-electron chi connectivity index (χ2n) is 7.65. The minimum atomic E-state index is -0.0781. The maximum Gasteiger partial charge on any atom is 0.266 e. The van der Waals surface area contributed by atoms with Crippen LogP contribution in [0.15, 0.2) is 41.5 Å². The Morgan fingerprint density at radius 3 is 2.79 bits per heavy atom. The third kappa shape index (κ3) is 4.30. The minimum Gasteiger partial charge on any atom is -0.341 e. The lowest BCUT2D eigenvalue weighted by atomic mass is 10.1. The average Bonchev–Trinajstić information content (AvgIpc) is 3.17. The van der Waals surface area contributed by atoms with E-state index in [9.17, 15) is 9.59 Å². The number of carbonyl (C=O) groups excluding carboxylic acids is 1. The summed E-state index contributed by atoms with van der Waals surface area (Å²) in [4.78, 5) is 32.9. The smallest absolute Gasteiger partial charge is 0.266 e. The van der Waals surface area contributed by atoms with Crippen molar-refractivity contribution >= 4 is 5.91 Å². The lowest BCUT2D eigenvalue weighted by molar-refractivity contribution is -0.133. The summed E-state index contributed by atoms with van der Waals surface area (Å²) >= 11 is 0. The van der Waals surface area contributed by atoms with Gasteiger partial charge in [0.05, 0.1) is 12.2 Å². The van der Waals surface area contributed by atoms with Gasteiger partial charge in [-0.3, -0.25) is 19.5 Å². The highest BCUT2D eigenvalue weighted by atomic mass is 16.2. The third-order valence-electron chi connectivity index (χ3n) is 5.79. The van der Waals surface area contributed by atoms with Crippen LogP contribution in [0.4, 0.5) is 0 Å². The van der Waals surface area contributed by atoms with Crippen LogP contribution in [-0.4, -0.2) is 62.7 Å². The van der Waals surface area contributed by atoms with Crippen LogP contribution in [0.3, 0.4) is 0 Å². The first-order valence-corrected chi connectivity index (χ1v) is 10.2. The van der Waals surface area contributed by atoms with Crippen LogP contribution in [0.5, 0.6) is 0 Å². The fourth-order valence-electron chi connectivity index (χ4n) is 4.19. The molecular weight excluding hydrogens is 354 g/mol. The van der Waals surface area contributed by atoms with Crippen molar-refractivity contribution in [1.29, 1.82) is 0 Å². The van der Waals surface area contributed by atoms with Gasteiger partial charge < -0.3 is 4.90 Å². The van der Waals surface area contributed by atoms with Crippen molar-refractivity contribution in [2.45, 2.75) is 44.7 Å². The molecule has 0 radical (unpaired) electrons. The van der Waals surface area contributed by atoms with Crippen LogP contribution in [0.25, 0.3) is 11.3 Å². The van der Waals surface area contributed by atoms with Crippen molar-refractivity contribution in [1.82, 2.24) is 24.6 Å². The van der Waals surface area contributed by atoms with E-state index >= 15 is 0 Å². The molecule has 2 aliphatic rings. The van der Waals surface area contributed by atoms with Crippen molar-refractivity contribution in [3.05, 3.63) is 47.0 Å². The molecule has 0 bridgehead atoms. The predicted octanol–water partition coefficient (Wildman–Crippen LogP) is 1.78. The molecule has 1 atom stereocenters. The van der Waals surface area contributed by atoms with E-state index in [1.54, 1.807) is 29.2 Å². The average molecular weight is 381 g/mol. The normalized spacial score (nSPS) is 20.6. The van der Waals surface area contributed by atoms with Gasteiger partial charge >= 0.3 is 0 Å². The highest BCUT2D eigenvalue weighted by molar-refractivity contribution is 5.76. The zero-order chi connectivity index (χ0) is 19.3. The number of rotatable bonds is 6. The molecule has 2 aromatic rings. The molecule has 7 heteroatoms.